The van der Waals surface area contributed by atoms with Crippen LogP contribution in [0.15, 0.2) is 53.8 Å². The summed E-state index contributed by atoms with van der Waals surface area (Å²) < 4.78 is 9.84. The SMILES string of the molecule is CCOC(=O)C1=C(N[C@@H](C)c2ccccc2)CN(C/C=C/C(=O)OC)CC1. The van der Waals surface area contributed by atoms with E-state index < -0.39 is 0 Å². The van der Waals surface area contributed by atoms with Crippen LogP contribution in [0, 0.1) is 0 Å². The first-order chi connectivity index (χ1) is 13.0. The van der Waals surface area contributed by atoms with Gasteiger partial charge in [-0.1, -0.05) is 36.4 Å². The summed E-state index contributed by atoms with van der Waals surface area (Å²) in [7, 11) is 1.36. The molecule has 0 aromatic heterocycles. The average molecular weight is 372 g/mol. The predicted octanol–water partition coefficient (Wildman–Crippen LogP) is 2.59. The lowest BCUT2D eigenvalue weighted by atomic mass is 10.0. The topological polar surface area (TPSA) is 67.9 Å². The average Bonchev–Trinajstić information content (AvgIpc) is 2.68. The summed E-state index contributed by atoms with van der Waals surface area (Å²) in [6, 6.07) is 10.2. The Labute approximate surface area is 160 Å². The number of benzene rings is 1. The van der Waals surface area contributed by atoms with Crippen molar-refractivity contribution >= 4 is 11.9 Å². The summed E-state index contributed by atoms with van der Waals surface area (Å²) >= 11 is 0. The Hall–Kier alpha value is -2.60. The van der Waals surface area contributed by atoms with Gasteiger partial charge in [0.2, 0.25) is 0 Å². The molecule has 0 spiro atoms. The fourth-order valence-corrected chi connectivity index (χ4v) is 3.00. The highest BCUT2D eigenvalue weighted by atomic mass is 16.5. The molecular formula is C21H28N2O4. The Kier molecular flexibility index (Phi) is 8.07. The summed E-state index contributed by atoms with van der Waals surface area (Å²) in [5, 5.41) is 3.49. The lowest BCUT2D eigenvalue weighted by Crippen LogP contribution is -2.39. The maximum Gasteiger partial charge on any atom is 0.335 e. The monoisotopic (exact) mass is 372 g/mol. The van der Waals surface area contributed by atoms with E-state index in [1.165, 1.54) is 13.2 Å². The molecule has 0 amide bonds. The van der Waals surface area contributed by atoms with Gasteiger partial charge in [-0.15, -0.1) is 0 Å². The molecule has 0 aliphatic carbocycles. The quantitative estimate of drug-likeness (QED) is 0.559. The van der Waals surface area contributed by atoms with Gasteiger partial charge in [-0.2, -0.15) is 0 Å². The molecule has 1 aliphatic rings. The van der Waals surface area contributed by atoms with Crippen molar-refractivity contribution in [2.75, 3.05) is 33.4 Å². The minimum absolute atomic E-state index is 0.0659. The zero-order valence-corrected chi connectivity index (χ0v) is 16.2. The number of carbonyl (C=O) groups is 2. The van der Waals surface area contributed by atoms with Gasteiger partial charge in [0, 0.05) is 37.4 Å². The van der Waals surface area contributed by atoms with Gasteiger partial charge in [0.25, 0.3) is 0 Å². The molecule has 1 aromatic rings. The third-order valence-corrected chi connectivity index (χ3v) is 4.45. The molecule has 0 saturated carbocycles. The van der Waals surface area contributed by atoms with Gasteiger partial charge in [0.1, 0.15) is 0 Å². The number of esters is 2. The molecule has 1 atom stereocenters. The molecule has 0 saturated heterocycles. The number of rotatable bonds is 8. The van der Waals surface area contributed by atoms with Gasteiger partial charge in [0.15, 0.2) is 0 Å². The Morgan fingerprint density at radius 3 is 2.70 bits per heavy atom. The van der Waals surface area contributed by atoms with Crippen LogP contribution in [-0.2, 0) is 19.1 Å². The highest BCUT2D eigenvalue weighted by Gasteiger charge is 2.25. The van der Waals surface area contributed by atoms with Crippen molar-refractivity contribution in [3.63, 3.8) is 0 Å². The molecule has 1 aliphatic heterocycles. The van der Waals surface area contributed by atoms with Crippen molar-refractivity contribution in [3.05, 3.63) is 59.3 Å². The summed E-state index contributed by atoms with van der Waals surface area (Å²) in [6.07, 6.45) is 3.80. The molecule has 6 heteroatoms. The first-order valence-electron chi connectivity index (χ1n) is 9.22. The summed E-state index contributed by atoms with van der Waals surface area (Å²) in [5.74, 6) is -0.629. The van der Waals surface area contributed by atoms with Gasteiger partial charge in [-0.3, -0.25) is 4.90 Å². The second-order valence-electron chi connectivity index (χ2n) is 6.36. The van der Waals surface area contributed by atoms with E-state index in [0.29, 0.717) is 31.7 Å². The molecular weight excluding hydrogens is 344 g/mol. The summed E-state index contributed by atoms with van der Waals surface area (Å²) in [4.78, 5) is 25.8. The van der Waals surface area contributed by atoms with E-state index in [1.54, 1.807) is 6.08 Å². The van der Waals surface area contributed by atoms with Crippen molar-refractivity contribution in [3.8, 4) is 0 Å². The lowest BCUT2D eigenvalue weighted by Gasteiger charge is -2.31. The van der Waals surface area contributed by atoms with E-state index >= 15 is 0 Å². The maximum atomic E-state index is 12.4. The standard InChI is InChI=1S/C21H28N2O4/c1-4-27-21(25)18-12-14-23(13-8-11-20(24)26-3)15-19(18)22-16(2)17-9-6-5-7-10-17/h5-11,16,22H,4,12-15H2,1-3H3/b11-8+/t16-/m0/s1. The molecule has 1 aromatic carbocycles. The Morgan fingerprint density at radius 2 is 2.04 bits per heavy atom. The van der Waals surface area contributed by atoms with Gasteiger partial charge in [-0.25, -0.2) is 9.59 Å². The summed E-state index contributed by atoms with van der Waals surface area (Å²) in [6.45, 7) is 6.17. The number of nitrogens with zero attached hydrogens (tertiary/aromatic N) is 1. The Bertz CT molecular complexity index is 697. The number of ether oxygens (including phenoxy) is 2. The van der Waals surface area contributed by atoms with E-state index in [0.717, 1.165) is 17.8 Å². The number of methoxy groups -OCH3 is 1. The maximum absolute atomic E-state index is 12.4. The van der Waals surface area contributed by atoms with Crippen LogP contribution in [0.3, 0.4) is 0 Å². The van der Waals surface area contributed by atoms with Crippen LogP contribution in [-0.4, -0.2) is 50.2 Å². The first-order valence-corrected chi connectivity index (χ1v) is 9.22. The first kappa shape index (κ1) is 20.7. The zero-order chi connectivity index (χ0) is 19.6. The van der Waals surface area contributed by atoms with E-state index in [-0.39, 0.29) is 18.0 Å². The van der Waals surface area contributed by atoms with E-state index in [2.05, 4.69) is 34.0 Å². The second kappa shape index (κ2) is 10.5. The molecule has 6 nitrogen and oxygen atoms in total. The van der Waals surface area contributed by atoms with Gasteiger partial charge >= 0.3 is 11.9 Å². The second-order valence-corrected chi connectivity index (χ2v) is 6.36. The predicted molar refractivity (Wildman–Crippen MR) is 104 cm³/mol. The van der Waals surface area contributed by atoms with Crippen molar-refractivity contribution in [1.82, 2.24) is 10.2 Å². The molecule has 146 valence electrons. The van der Waals surface area contributed by atoms with Gasteiger partial charge < -0.3 is 14.8 Å². The zero-order valence-electron chi connectivity index (χ0n) is 16.2. The van der Waals surface area contributed by atoms with E-state index in [9.17, 15) is 9.59 Å². The summed E-state index contributed by atoms with van der Waals surface area (Å²) in [5.41, 5.74) is 2.73. The van der Waals surface area contributed by atoms with Crippen molar-refractivity contribution in [2.24, 2.45) is 0 Å². The van der Waals surface area contributed by atoms with Crippen molar-refractivity contribution in [1.29, 1.82) is 0 Å². The number of carbonyl (C=O) groups excluding carboxylic acids is 2. The van der Waals surface area contributed by atoms with Crippen LogP contribution in [0.5, 0.6) is 0 Å². The largest absolute Gasteiger partial charge is 0.466 e. The van der Waals surface area contributed by atoms with Crippen LogP contribution in [0.25, 0.3) is 0 Å². The third-order valence-electron chi connectivity index (χ3n) is 4.45. The molecule has 1 heterocycles. The number of hydrogen-bond donors (Lipinski definition) is 1. The smallest absolute Gasteiger partial charge is 0.335 e. The minimum atomic E-state index is -0.370. The fraction of sp³-hybridized carbons (Fsp3) is 0.429. The van der Waals surface area contributed by atoms with Crippen molar-refractivity contribution in [2.45, 2.75) is 26.3 Å². The molecule has 0 radical (unpaired) electrons. The van der Waals surface area contributed by atoms with Crippen LogP contribution < -0.4 is 5.32 Å². The highest BCUT2D eigenvalue weighted by Crippen LogP contribution is 2.21. The van der Waals surface area contributed by atoms with Crippen LogP contribution in [0.2, 0.25) is 0 Å². The van der Waals surface area contributed by atoms with Crippen molar-refractivity contribution < 1.29 is 19.1 Å². The normalized spacial score (nSPS) is 16.3. The molecule has 0 bridgehead atoms. The van der Waals surface area contributed by atoms with E-state index in [1.807, 2.05) is 25.1 Å². The molecule has 0 fully saturated rings. The molecule has 1 N–H and O–H groups in total. The lowest BCUT2D eigenvalue weighted by molar-refractivity contribution is -0.139. The van der Waals surface area contributed by atoms with E-state index in [4.69, 9.17) is 4.74 Å². The van der Waals surface area contributed by atoms with Gasteiger partial charge in [0.05, 0.1) is 19.3 Å². The molecule has 0 unspecified atom stereocenters. The third kappa shape index (κ3) is 6.25. The minimum Gasteiger partial charge on any atom is -0.466 e. The number of nitrogens with one attached hydrogen (secondary N) is 1. The number of hydrogen-bond acceptors (Lipinski definition) is 6. The Balaban J connectivity index is 2.12. The van der Waals surface area contributed by atoms with Gasteiger partial charge in [-0.05, 0) is 25.8 Å². The highest BCUT2D eigenvalue weighted by molar-refractivity contribution is 5.89. The molecule has 27 heavy (non-hydrogen) atoms. The fourth-order valence-electron chi connectivity index (χ4n) is 3.00. The van der Waals surface area contributed by atoms with Crippen LogP contribution in [0.4, 0.5) is 0 Å². The van der Waals surface area contributed by atoms with Crippen LogP contribution in [0.1, 0.15) is 31.9 Å². The molecule has 2 rings (SSSR count). The van der Waals surface area contributed by atoms with Crippen LogP contribution >= 0.6 is 0 Å². The Morgan fingerprint density at radius 1 is 1.30 bits per heavy atom.